The molecule has 0 atom stereocenters. The van der Waals surface area contributed by atoms with Gasteiger partial charge in [0.1, 0.15) is 0 Å². The zero-order valence-electron chi connectivity index (χ0n) is 7.19. The van der Waals surface area contributed by atoms with Crippen LogP contribution in [0.5, 0.6) is 0 Å². The Kier molecular flexibility index (Phi) is 22.4. The SMILES string of the molecule is C1CCNC1.NC(O)=S.NC(O)=S.[NaH]. The van der Waals surface area contributed by atoms with E-state index in [4.69, 9.17) is 10.2 Å². The molecule has 1 saturated heterocycles. The molecule has 0 amide bonds. The van der Waals surface area contributed by atoms with E-state index in [-0.39, 0.29) is 29.6 Å². The van der Waals surface area contributed by atoms with Crippen LogP contribution in [0.2, 0.25) is 0 Å². The van der Waals surface area contributed by atoms with Crippen LogP contribution in [0.1, 0.15) is 12.8 Å². The topological polar surface area (TPSA) is 105 Å². The normalized spacial score (nSPS) is 12.0. The van der Waals surface area contributed by atoms with Gasteiger partial charge in [0.15, 0.2) is 0 Å². The second-order valence-corrected chi connectivity index (χ2v) is 2.97. The number of nitrogens with one attached hydrogen (secondary N) is 1. The number of nitrogens with two attached hydrogens (primary N) is 2. The number of aliphatic hydroxyl groups excluding tert-OH is 2. The van der Waals surface area contributed by atoms with E-state index >= 15 is 0 Å². The van der Waals surface area contributed by atoms with Crippen molar-refractivity contribution in [1.82, 2.24) is 5.32 Å². The molecule has 14 heavy (non-hydrogen) atoms. The van der Waals surface area contributed by atoms with Crippen LogP contribution < -0.4 is 16.8 Å². The summed E-state index contributed by atoms with van der Waals surface area (Å²) in [4.78, 5) is 0. The van der Waals surface area contributed by atoms with Crippen molar-refractivity contribution in [1.29, 1.82) is 0 Å². The molecular formula is C6H16N3NaO2S2. The van der Waals surface area contributed by atoms with Crippen molar-refractivity contribution in [3.8, 4) is 0 Å². The summed E-state index contributed by atoms with van der Waals surface area (Å²) in [5.41, 5.74) is 8.80. The molecule has 5 nitrogen and oxygen atoms in total. The second-order valence-electron chi connectivity index (χ2n) is 2.13. The van der Waals surface area contributed by atoms with Gasteiger partial charge in [0.2, 0.25) is 0 Å². The zero-order valence-corrected chi connectivity index (χ0v) is 8.83. The molecule has 0 aromatic heterocycles. The van der Waals surface area contributed by atoms with Crippen molar-refractivity contribution in [3.63, 3.8) is 0 Å². The number of rotatable bonds is 0. The summed E-state index contributed by atoms with van der Waals surface area (Å²) in [7, 11) is 0. The van der Waals surface area contributed by atoms with Crippen molar-refractivity contribution in [2.75, 3.05) is 13.1 Å². The summed E-state index contributed by atoms with van der Waals surface area (Å²) in [6.45, 7) is 2.50. The molecule has 1 fully saturated rings. The van der Waals surface area contributed by atoms with E-state index < -0.39 is 10.3 Å². The van der Waals surface area contributed by atoms with Crippen molar-refractivity contribution in [3.05, 3.63) is 0 Å². The molecule has 0 spiro atoms. The minimum absolute atomic E-state index is 0. The molecule has 0 unspecified atom stereocenters. The molecule has 0 radical (unpaired) electrons. The quantitative estimate of drug-likeness (QED) is 0.285. The molecule has 8 heteroatoms. The summed E-state index contributed by atoms with van der Waals surface area (Å²) < 4.78 is 0. The van der Waals surface area contributed by atoms with Gasteiger partial charge in [-0.2, -0.15) is 0 Å². The molecular weight excluding hydrogens is 233 g/mol. The second kappa shape index (κ2) is 15.8. The van der Waals surface area contributed by atoms with E-state index in [0.717, 1.165) is 0 Å². The van der Waals surface area contributed by atoms with E-state index in [9.17, 15) is 0 Å². The molecule has 80 valence electrons. The van der Waals surface area contributed by atoms with Gasteiger partial charge in [0, 0.05) is 0 Å². The van der Waals surface area contributed by atoms with E-state index in [1.165, 1.54) is 25.9 Å². The number of hydrogen-bond donors (Lipinski definition) is 5. The average molecular weight is 249 g/mol. The molecule has 1 rings (SSSR count). The van der Waals surface area contributed by atoms with E-state index in [1.807, 2.05) is 0 Å². The molecule has 0 saturated carbocycles. The third-order valence-electron chi connectivity index (χ3n) is 0.957. The summed E-state index contributed by atoms with van der Waals surface area (Å²) >= 11 is 7.74. The molecule has 0 bridgehead atoms. The molecule has 1 aliphatic heterocycles. The molecule has 0 aromatic carbocycles. The van der Waals surface area contributed by atoms with Crippen LogP contribution in [0.15, 0.2) is 0 Å². The van der Waals surface area contributed by atoms with Crippen molar-refractivity contribution >= 4 is 64.3 Å². The molecule has 1 heterocycles. The van der Waals surface area contributed by atoms with Crippen LogP contribution in [0.3, 0.4) is 0 Å². The zero-order chi connectivity index (χ0) is 10.7. The summed E-state index contributed by atoms with van der Waals surface area (Å²) in [5.74, 6) is 0. The Morgan fingerprint density at radius 3 is 1.29 bits per heavy atom. The van der Waals surface area contributed by atoms with Crippen molar-refractivity contribution in [2.24, 2.45) is 11.5 Å². The Morgan fingerprint density at radius 1 is 1.00 bits per heavy atom. The van der Waals surface area contributed by atoms with Crippen molar-refractivity contribution in [2.45, 2.75) is 12.8 Å². The monoisotopic (exact) mass is 249 g/mol. The van der Waals surface area contributed by atoms with Gasteiger partial charge in [-0.25, -0.2) is 0 Å². The predicted molar refractivity (Wildman–Crippen MR) is 68.1 cm³/mol. The van der Waals surface area contributed by atoms with E-state index in [2.05, 4.69) is 41.2 Å². The fourth-order valence-corrected chi connectivity index (χ4v) is 0.625. The van der Waals surface area contributed by atoms with Crippen LogP contribution in [0.4, 0.5) is 0 Å². The van der Waals surface area contributed by atoms with Crippen LogP contribution >= 0.6 is 24.4 Å². The first-order valence-corrected chi connectivity index (χ1v) is 4.46. The fraction of sp³-hybridized carbons (Fsp3) is 0.667. The minimum atomic E-state index is -0.500. The molecule has 7 N–H and O–H groups in total. The third kappa shape index (κ3) is 55.6. The summed E-state index contributed by atoms with van der Waals surface area (Å²) in [5, 5.41) is 17.4. The van der Waals surface area contributed by atoms with Gasteiger partial charge >= 0.3 is 29.6 Å². The van der Waals surface area contributed by atoms with Crippen LogP contribution in [0.25, 0.3) is 0 Å². The molecule has 0 aliphatic carbocycles. The van der Waals surface area contributed by atoms with Gasteiger partial charge in [-0.1, -0.05) is 0 Å². The first-order valence-electron chi connectivity index (χ1n) is 3.64. The molecule has 1 aliphatic rings. The number of hydrogen-bond acceptors (Lipinski definition) is 3. The Labute approximate surface area is 117 Å². The van der Waals surface area contributed by atoms with E-state index in [1.54, 1.807) is 0 Å². The first-order chi connectivity index (χ1) is 5.96. The van der Waals surface area contributed by atoms with Crippen LogP contribution in [-0.4, -0.2) is 63.2 Å². The van der Waals surface area contributed by atoms with Crippen molar-refractivity contribution < 1.29 is 10.2 Å². The standard InChI is InChI=1S/C4H9N.2CH3NOS.Na.H/c1-2-4-5-3-1;2*2-1(3)4;;/h5H,1-4H2;2*(H3,2,3,4);;. The Bertz CT molecular complexity index is 128. The molecule has 0 aromatic rings. The first kappa shape index (κ1) is 19.8. The Hall–Kier alpha value is 0.340. The third-order valence-corrected chi connectivity index (χ3v) is 0.957. The Morgan fingerprint density at radius 2 is 1.21 bits per heavy atom. The van der Waals surface area contributed by atoms with Gasteiger partial charge in [0.25, 0.3) is 10.3 Å². The van der Waals surface area contributed by atoms with Gasteiger partial charge in [-0.05, 0) is 50.4 Å². The Balaban J connectivity index is -0.000000127. The summed E-state index contributed by atoms with van der Waals surface area (Å²) in [6.07, 6.45) is 2.78. The predicted octanol–water partition coefficient (Wildman–Crippen LogP) is -0.703. The van der Waals surface area contributed by atoms with Gasteiger partial charge in [-0.3, -0.25) is 0 Å². The number of aliphatic hydroxyl groups is 2. The van der Waals surface area contributed by atoms with Gasteiger partial charge in [-0.15, -0.1) is 0 Å². The fourth-order valence-electron chi connectivity index (χ4n) is 0.625. The maximum absolute atomic E-state index is 7.56. The van der Waals surface area contributed by atoms with Crippen LogP contribution in [-0.2, 0) is 0 Å². The van der Waals surface area contributed by atoms with E-state index in [0.29, 0.717) is 0 Å². The average Bonchev–Trinajstić information content (AvgIpc) is 2.35. The maximum atomic E-state index is 7.56. The van der Waals surface area contributed by atoms with Gasteiger partial charge < -0.3 is 27.0 Å². The number of thiocarbonyl (C=S) groups is 2. The van der Waals surface area contributed by atoms with Crippen LogP contribution in [0, 0.1) is 0 Å². The van der Waals surface area contributed by atoms with Gasteiger partial charge in [0.05, 0.1) is 0 Å². The summed E-state index contributed by atoms with van der Waals surface area (Å²) in [6, 6.07) is 0.